The minimum absolute atomic E-state index is 0. The van der Waals surface area contributed by atoms with Gasteiger partial charge in [0.1, 0.15) is 0 Å². The van der Waals surface area contributed by atoms with Gasteiger partial charge in [0.2, 0.25) is 5.91 Å². The van der Waals surface area contributed by atoms with Gasteiger partial charge < -0.3 is 15.4 Å². The molecule has 0 aromatic carbocycles. The molecule has 0 aliphatic carbocycles. The standard InChI is InChI=1S/C12H23N3O2.ClH/c1-9-5-15(6-10(2)17-9)12(16)8-14-4-3-11(13)7-14;/h9-11H,3-8,13H2,1-2H3;1H/t9?,10?,11-;/m1./s1. The first-order valence-corrected chi connectivity index (χ1v) is 6.45. The molecule has 2 N–H and O–H groups in total. The second-order valence-corrected chi connectivity index (χ2v) is 5.34. The van der Waals surface area contributed by atoms with Crippen LogP contribution < -0.4 is 5.73 Å². The Bertz CT molecular complexity index is 280. The molecule has 2 aliphatic rings. The second-order valence-electron chi connectivity index (χ2n) is 5.34. The molecule has 2 unspecified atom stereocenters. The largest absolute Gasteiger partial charge is 0.372 e. The van der Waals surface area contributed by atoms with Gasteiger partial charge in [0.15, 0.2) is 0 Å². The van der Waals surface area contributed by atoms with Gasteiger partial charge in [-0.15, -0.1) is 12.4 Å². The first-order valence-electron chi connectivity index (χ1n) is 6.45. The van der Waals surface area contributed by atoms with E-state index in [9.17, 15) is 4.79 Å². The van der Waals surface area contributed by atoms with Crippen LogP contribution in [0.2, 0.25) is 0 Å². The van der Waals surface area contributed by atoms with Crippen LogP contribution in [-0.4, -0.2) is 66.7 Å². The number of carbonyl (C=O) groups is 1. The van der Waals surface area contributed by atoms with Gasteiger partial charge in [-0.1, -0.05) is 0 Å². The molecule has 106 valence electrons. The average Bonchev–Trinajstić information content (AvgIpc) is 2.62. The topological polar surface area (TPSA) is 58.8 Å². The van der Waals surface area contributed by atoms with Gasteiger partial charge in [-0.05, 0) is 20.3 Å². The highest BCUT2D eigenvalue weighted by Crippen LogP contribution is 2.12. The van der Waals surface area contributed by atoms with E-state index in [2.05, 4.69) is 4.90 Å². The van der Waals surface area contributed by atoms with E-state index in [4.69, 9.17) is 10.5 Å². The van der Waals surface area contributed by atoms with Gasteiger partial charge >= 0.3 is 0 Å². The normalized spacial score (nSPS) is 33.3. The van der Waals surface area contributed by atoms with Crippen LogP contribution in [0.5, 0.6) is 0 Å². The lowest BCUT2D eigenvalue weighted by Crippen LogP contribution is -2.51. The van der Waals surface area contributed by atoms with Gasteiger partial charge in [0, 0.05) is 32.2 Å². The van der Waals surface area contributed by atoms with Crippen LogP contribution in [0.4, 0.5) is 0 Å². The fourth-order valence-corrected chi connectivity index (χ4v) is 2.68. The Kier molecular flexibility index (Phi) is 5.85. The summed E-state index contributed by atoms with van der Waals surface area (Å²) in [6.45, 7) is 7.76. The van der Waals surface area contributed by atoms with E-state index in [-0.39, 0.29) is 36.6 Å². The molecule has 0 bridgehead atoms. The summed E-state index contributed by atoms with van der Waals surface area (Å²) < 4.78 is 5.63. The number of hydrogen-bond acceptors (Lipinski definition) is 4. The van der Waals surface area contributed by atoms with Crippen LogP contribution in [0.15, 0.2) is 0 Å². The molecule has 6 heteroatoms. The van der Waals surface area contributed by atoms with Crippen LogP contribution >= 0.6 is 12.4 Å². The summed E-state index contributed by atoms with van der Waals surface area (Å²) in [5.74, 6) is 0.209. The van der Waals surface area contributed by atoms with E-state index < -0.39 is 0 Å². The summed E-state index contributed by atoms with van der Waals surface area (Å²) in [7, 11) is 0. The molecule has 0 spiro atoms. The highest BCUT2D eigenvalue weighted by Gasteiger charge is 2.28. The molecule has 2 aliphatic heterocycles. The number of likely N-dealkylation sites (tertiary alicyclic amines) is 1. The monoisotopic (exact) mass is 277 g/mol. The zero-order chi connectivity index (χ0) is 12.4. The zero-order valence-electron chi connectivity index (χ0n) is 11.2. The Morgan fingerprint density at radius 3 is 2.39 bits per heavy atom. The Morgan fingerprint density at radius 1 is 1.28 bits per heavy atom. The third-order valence-corrected chi connectivity index (χ3v) is 3.44. The Morgan fingerprint density at radius 2 is 1.89 bits per heavy atom. The van der Waals surface area contributed by atoms with E-state index in [1.54, 1.807) is 0 Å². The SMILES string of the molecule is CC1CN(C(=O)CN2CC[C@@H](N)C2)CC(C)O1.Cl. The summed E-state index contributed by atoms with van der Waals surface area (Å²) in [6, 6.07) is 0.241. The molecular formula is C12H24ClN3O2. The molecule has 1 amide bonds. The maximum absolute atomic E-state index is 12.1. The van der Waals surface area contributed by atoms with Gasteiger partial charge in [-0.25, -0.2) is 0 Å². The summed E-state index contributed by atoms with van der Waals surface area (Å²) in [6.07, 6.45) is 1.29. The molecule has 0 aromatic heterocycles. The molecule has 0 saturated carbocycles. The number of carbonyl (C=O) groups excluding carboxylic acids is 1. The van der Waals surface area contributed by atoms with Gasteiger partial charge in [0.25, 0.3) is 0 Å². The maximum Gasteiger partial charge on any atom is 0.236 e. The number of halogens is 1. The van der Waals surface area contributed by atoms with Crippen LogP contribution in [-0.2, 0) is 9.53 Å². The van der Waals surface area contributed by atoms with E-state index in [1.807, 2.05) is 18.7 Å². The molecule has 2 heterocycles. The molecular weight excluding hydrogens is 254 g/mol. The molecule has 2 rings (SSSR count). The lowest BCUT2D eigenvalue weighted by molar-refractivity contribution is -0.144. The van der Waals surface area contributed by atoms with E-state index >= 15 is 0 Å². The molecule has 2 saturated heterocycles. The van der Waals surface area contributed by atoms with Crippen molar-refractivity contribution in [2.24, 2.45) is 5.73 Å². The first-order chi connectivity index (χ1) is 8.04. The van der Waals surface area contributed by atoms with Crippen molar-refractivity contribution in [3.8, 4) is 0 Å². The maximum atomic E-state index is 12.1. The minimum atomic E-state index is 0. The molecule has 5 nitrogen and oxygen atoms in total. The summed E-state index contributed by atoms with van der Waals surface area (Å²) >= 11 is 0. The highest BCUT2D eigenvalue weighted by molar-refractivity contribution is 5.85. The number of ether oxygens (including phenoxy) is 1. The quantitative estimate of drug-likeness (QED) is 0.777. The average molecular weight is 278 g/mol. The van der Waals surface area contributed by atoms with Gasteiger partial charge in [-0.2, -0.15) is 0 Å². The number of morpholine rings is 1. The molecule has 0 aromatic rings. The van der Waals surface area contributed by atoms with E-state index in [0.717, 1.165) is 19.5 Å². The van der Waals surface area contributed by atoms with Crippen molar-refractivity contribution in [1.29, 1.82) is 0 Å². The number of nitrogens with zero attached hydrogens (tertiary/aromatic N) is 2. The van der Waals surface area contributed by atoms with Gasteiger partial charge in [0.05, 0.1) is 18.8 Å². The molecule has 2 fully saturated rings. The molecule has 18 heavy (non-hydrogen) atoms. The smallest absolute Gasteiger partial charge is 0.236 e. The van der Waals surface area contributed by atoms with Crippen molar-refractivity contribution in [2.75, 3.05) is 32.7 Å². The predicted octanol–water partition coefficient (Wildman–Crippen LogP) is 0.0770. The second kappa shape index (κ2) is 6.70. The van der Waals surface area contributed by atoms with Crippen molar-refractivity contribution >= 4 is 18.3 Å². The first kappa shape index (κ1) is 15.7. The van der Waals surface area contributed by atoms with Crippen molar-refractivity contribution < 1.29 is 9.53 Å². The van der Waals surface area contributed by atoms with Crippen LogP contribution in [0.3, 0.4) is 0 Å². The molecule has 3 atom stereocenters. The number of hydrogen-bond donors (Lipinski definition) is 1. The lowest BCUT2D eigenvalue weighted by atomic mass is 10.2. The van der Waals surface area contributed by atoms with Crippen LogP contribution in [0, 0.1) is 0 Å². The number of rotatable bonds is 2. The summed E-state index contributed by atoms with van der Waals surface area (Å²) in [4.78, 5) is 16.2. The van der Waals surface area contributed by atoms with Crippen molar-refractivity contribution in [2.45, 2.75) is 38.5 Å². The number of amides is 1. The van der Waals surface area contributed by atoms with Crippen molar-refractivity contribution in [3.63, 3.8) is 0 Å². The lowest BCUT2D eigenvalue weighted by Gasteiger charge is -2.36. The third kappa shape index (κ3) is 4.09. The van der Waals surface area contributed by atoms with E-state index in [1.165, 1.54) is 0 Å². The Hall–Kier alpha value is -0.360. The Labute approximate surface area is 115 Å². The summed E-state index contributed by atoms with van der Waals surface area (Å²) in [5.41, 5.74) is 5.84. The minimum Gasteiger partial charge on any atom is -0.372 e. The van der Waals surface area contributed by atoms with Crippen molar-refractivity contribution in [1.82, 2.24) is 9.80 Å². The van der Waals surface area contributed by atoms with E-state index in [0.29, 0.717) is 19.6 Å². The van der Waals surface area contributed by atoms with Crippen LogP contribution in [0.1, 0.15) is 20.3 Å². The summed E-state index contributed by atoms with van der Waals surface area (Å²) in [5, 5.41) is 0. The third-order valence-electron chi connectivity index (χ3n) is 3.44. The number of nitrogens with two attached hydrogens (primary N) is 1. The van der Waals surface area contributed by atoms with Crippen molar-refractivity contribution in [3.05, 3.63) is 0 Å². The highest BCUT2D eigenvalue weighted by atomic mass is 35.5. The zero-order valence-corrected chi connectivity index (χ0v) is 12.0. The predicted molar refractivity (Wildman–Crippen MR) is 72.9 cm³/mol. The Balaban J connectivity index is 0.00000162. The fraction of sp³-hybridized carbons (Fsp3) is 0.917. The fourth-order valence-electron chi connectivity index (χ4n) is 2.68. The molecule has 0 radical (unpaired) electrons. The van der Waals surface area contributed by atoms with Gasteiger partial charge in [-0.3, -0.25) is 9.69 Å². The van der Waals surface area contributed by atoms with Crippen LogP contribution in [0.25, 0.3) is 0 Å².